The van der Waals surface area contributed by atoms with Gasteiger partial charge in [0.1, 0.15) is 6.54 Å². The van der Waals surface area contributed by atoms with E-state index in [4.69, 9.17) is 0 Å². The van der Waals surface area contributed by atoms with Crippen molar-refractivity contribution in [1.29, 1.82) is 0 Å². The minimum atomic E-state index is -4.32. The molecule has 1 atom stereocenters. The molecule has 0 aromatic carbocycles. The first-order chi connectivity index (χ1) is 7.88. The molecule has 0 aromatic rings. The summed E-state index contributed by atoms with van der Waals surface area (Å²) in [5.74, 6) is -0.362. The quantitative estimate of drug-likeness (QED) is 0.813. The van der Waals surface area contributed by atoms with Gasteiger partial charge in [0, 0.05) is 0 Å². The summed E-state index contributed by atoms with van der Waals surface area (Å²) >= 11 is 0. The number of amides is 1. The van der Waals surface area contributed by atoms with Crippen LogP contribution < -0.4 is 5.32 Å². The fourth-order valence-electron chi connectivity index (χ4n) is 2.91. The Morgan fingerprint density at radius 1 is 1.41 bits per heavy atom. The van der Waals surface area contributed by atoms with Crippen molar-refractivity contribution >= 4 is 5.91 Å². The van der Waals surface area contributed by atoms with E-state index in [0.717, 1.165) is 17.7 Å². The van der Waals surface area contributed by atoms with Gasteiger partial charge in [-0.05, 0) is 19.3 Å². The number of carbonyl (C=O) groups excluding carboxylic acids is 1. The Bertz CT molecular complexity index is 310. The molecule has 1 saturated heterocycles. The number of alkyl halides is 3. The van der Waals surface area contributed by atoms with Crippen LogP contribution in [0.3, 0.4) is 0 Å². The van der Waals surface area contributed by atoms with Gasteiger partial charge < -0.3 is 4.90 Å². The van der Waals surface area contributed by atoms with Crippen molar-refractivity contribution in [3.8, 4) is 0 Å². The predicted molar refractivity (Wildman–Crippen MR) is 56.2 cm³/mol. The van der Waals surface area contributed by atoms with Gasteiger partial charge in [-0.25, -0.2) is 0 Å². The van der Waals surface area contributed by atoms with Crippen molar-refractivity contribution in [2.75, 3.05) is 6.54 Å². The van der Waals surface area contributed by atoms with Crippen LogP contribution in [0.1, 0.15) is 39.0 Å². The molecule has 1 heterocycles. The molecule has 17 heavy (non-hydrogen) atoms. The standard InChI is InChI=1S/C11H17F3N2O/c1-2-8-15-10(5-3-4-6-10)9(17)16(8)7-11(12,13)14/h8,15H,2-7H2,1H3. The molecule has 2 fully saturated rings. The number of nitrogens with one attached hydrogen (secondary N) is 1. The van der Waals surface area contributed by atoms with Crippen LogP contribution >= 0.6 is 0 Å². The fraction of sp³-hybridized carbons (Fsp3) is 0.909. The zero-order valence-electron chi connectivity index (χ0n) is 9.81. The van der Waals surface area contributed by atoms with Crippen LogP contribution in [0.15, 0.2) is 0 Å². The Hall–Kier alpha value is -0.780. The van der Waals surface area contributed by atoms with Crippen molar-refractivity contribution in [3.63, 3.8) is 0 Å². The topological polar surface area (TPSA) is 32.3 Å². The smallest absolute Gasteiger partial charge is 0.316 e. The average molecular weight is 250 g/mol. The van der Waals surface area contributed by atoms with E-state index < -0.39 is 24.4 Å². The van der Waals surface area contributed by atoms with E-state index in [1.165, 1.54) is 0 Å². The molecular formula is C11H17F3N2O. The van der Waals surface area contributed by atoms with Gasteiger partial charge in [-0.2, -0.15) is 13.2 Å². The summed E-state index contributed by atoms with van der Waals surface area (Å²) in [6.07, 6.45) is -1.14. The van der Waals surface area contributed by atoms with E-state index in [1.807, 2.05) is 0 Å². The molecule has 1 aliphatic carbocycles. The molecule has 1 N–H and O–H groups in total. The second-order valence-corrected chi connectivity index (χ2v) is 4.91. The van der Waals surface area contributed by atoms with Gasteiger partial charge in [0.25, 0.3) is 0 Å². The van der Waals surface area contributed by atoms with Gasteiger partial charge in [-0.15, -0.1) is 0 Å². The van der Waals surface area contributed by atoms with Crippen LogP contribution in [0.5, 0.6) is 0 Å². The highest BCUT2D eigenvalue weighted by molar-refractivity contribution is 5.89. The van der Waals surface area contributed by atoms with Crippen molar-refractivity contribution < 1.29 is 18.0 Å². The third-order valence-electron chi connectivity index (χ3n) is 3.68. The Balaban J connectivity index is 2.17. The molecule has 1 unspecified atom stereocenters. The Morgan fingerprint density at radius 3 is 2.47 bits per heavy atom. The summed E-state index contributed by atoms with van der Waals surface area (Å²) in [7, 11) is 0. The molecule has 98 valence electrons. The monoisotopic (exact) mass is 250 g/mol. The maximum Gasteiger partial charge on any atom is 0.406 e. The highest BCUT2D eigenvalue weighted by Crippen LogP contribution is 2.37. The largest absolute Gasteiger partial charge is 0.406 e. The van der Waals surface area contributed by atoms with E-state index in [-0.39, 0.29) is 5.91 Å². The summed E-state index contributed by atoms with van der Waals surface area (Å²) in [4.78, 5) is 13.1. The minimum Gasteiger partial charge on any atom is -0.316 e. The van der Waals surface area contributed by atoms with E-state index in [1.54, 1.807) is 6.92 Å². The number of carbonyl (C=O) groups is 1. The highest BCUT2D eigenvalue weighted by atomic mass is 19.4. The van der Waals surface area contributed by atoms with Gasteiger partial charge in [0.15, 0.2) is 0 Å². The minimum absolute atomic E-state index is 0.362. The van der Waals surface area contributed by atoms with Crippen LogP contribution in [0.25, 0.3) is 0 Å². The van der Waals surface area contributed by atoms with Crippen LogP contribution in [0.4, 0.5) is 13.2 Å². The maximum absolute atomic E-state index is 12.4. The molecule has 0 aromatic heterocycles. The molecule has 2 rings (SSSR count). The van der Waals surface area contributed by atoms with E-state index in [9.17, 15) is 18.0 Å². The molecule has 0 bridgehead atoms. The highest BCUT2D eigenvalue weighted by Gasteiger charge is 2.53. The van der Waals surface area contributed by atoms with E-state index in [2.05, 4.69) is 5.32 Å². The van der Waals surface area contributed by atoms with Crippen LogP contribution in [0, 0.1) is 0 Å². The molecule has 3 nitrogen and oxygen atoms in total. The van der Waals surface area contributed by atoms with Gasteiger partial charge in [-0.3, -0.25) is 10.1 Å². The molecule has 1 spiro atoms. The average Bonchev–Trinajstić information content (AvgIpc) is 2.78. The number of nitrogens with zero attached hydrogens (tertiary/aromatic N) is 1. The Morgan fingerprint density at radius 2 is 2.00 bits per heavy atom. The first-order valence-electron chi connectivity index (χ1n) is 6.03. The molecule has 2 aliphatic rings. The van der Waals surface area contributed by atoms with Crippen LogP contribution in [-0.2, 0) is 4.79 Å². The number of hydrogen-bond donors (Lipinski definition) is 1. The van der Waals surface area contributed by atoms with Gasteiger partial charge in [-0.1, -0.05) is 19.8 Å². The predicted octanol–water partition coefficient (Wildman–Crippen LogP) is 2.03. The fourth-order valence-corrected chi connectivity index (χ4v) is 2.91. The summed E-state index contributed by atoms with van der Waals surface area (Å²) in [5, 5.41) is 3.11. The molecule has 1 aliphatic heterocycles. The lowest BCUT2D eigenvalue weighted by Gasteiger charge is -2.24. The molecule has 0 radical (unpaired) electrons. The second-order valence-electron chi connectivity index (χ2n) is 4.91. The SMILES string of the molecule is CCC1NC2(CCCC2)C(=O)N1CC(F)(F)F. The normalized spacial score (nSPS) is 28.4. The first-order valence-corrected chi connectivity index (χ1v) is 6.03. The number of rotatable bonds is 2. The lowest BCUT2D eigenvalue weighted by Crippen LogP contribution is -2.45. The number of hydrogen-bond acceptors (Lipinski definition) is 2. The van der Waals surface area contributed by atoms with Gasteiger partial charge >= 0.3 is 6.18 Å². The summed E-state index contributed by atoms with van der Waals surface area (Å²) in [6.45, 7) is 0.654. The zero-order chi connectivity index (χ0) is 12.7. The van der Waals surface area contributed by atoms with Crippen molar-refractivity contribution in [2.45, 2.75) is 56.9 Å². The van der Waals surface area contributed by atoms with E-state index in [0.29, 0.717) is 19.3 Å². The lowest BCUT2D eigenvalue weighted by atomic mass is 9.98. The Kier molecular flexibility index (Phi) is 3.10. The van der Waals surface area contributed by atoms with Crippen molar-refractivity contribution in [3.05, 3.63) is 0 Å². The third kappa shape index (κ3) is 2.27. The second kappa shape index (κ2) is 4.15. The van der Waals surface area contributed by atoms with Crippen molar-refractivity contribution in [1.82, 2.24) is 10.2 Å². The van der Waals surface area contributed by atoms with Crippen LogP contribution in [0.2, 0.25) is 0 Å². The molecule has 1 amide bonds. The van der Waals surface area contributed by atoms with Crippen LogP contribution in [-0.4, -0.2) is 35.2 Å². The lowest BCUT2D eigenvalue weighted by molar-refractivity contribution is -0.162. The summed E-state index contributed by atoms with van der Waals surface area (Å²) in [5.41, 5.74) is -0.702. The molecular weight excluding hydrogens is 233 g/mol. The number of halogens is 3. The van der Waals surface area contributed by atoms with Crippen molar-refractivity contribution in [2.24, 2.45) is 0 Å². The van der Waals surface area contributed by atoms with E-state index >= 15 is 0 Å². The zero-order valence-corrected chi connectivity index (χ0v) is 9.81. The summed E-state index contributed by atoms with van der Waals surface area (Å²) in [6, 6.07) is 0. The molecule has 6 heteroatoms. The third-order valence-corrected chi connectivity index (χ3v) is 3.68. The summed E-state index contributed by atoms with van der Waals surface area (Å²) < 4.78 is 37.3. The Labute approximate surface area is 98.3 Å². The van der Waals surface area contributed by atoms with Gasteiger partial charge in [0.05, 0.1) is 11.7 Å². The first kappa shape index (κ1) is 12.7. The maximum atomic E-state index is 12.4. The van der Waals surface area contributed by atoms with Gasteiger partial charge in [0.2, 0.25) is 5.91 Å². The molecule has 1 saturated carbocycles.